The van der Waals surface area contributed by atoms with Crippen LogP contribution in [0.1, 0.15) is 41.1 Å². The summed E-state index contributed by atoms with van der Waals surface area (Å²) >= 11 is 6.05. The van der Waals surface area contributed by atoms with E-state index in [4.69, 9.17) is 16.0 Å². The highest BCUT2D eigenvalue weighted by atomic mass is 35.5. The fourth-order valence-electron chi connectivity index (χ4n) is 3.31. The molecule has 1 aliphatic rings. The summed E-state index contributed by atoms with van der Waals surface area (Å²) in [5.74, 6) is 0.333. The Balaban J connectivity index is 1.64. The zero-order valence-electron chi connectivity index (χ0n) is 16.7. The van der Waals surface area contributed by atoms with Crippen LogP contribution in [0.2, 0.25) is 5.02 Å². The second-order valence-corrected chi connectivity index (χ2v) is 9.47. The number of halogens is 1. The van der Waals surface area contributed by atoms with E-state index in [1.54, 1.807) is 67.8 Å². The lowest BCUT2D eigenvalue weighted by Crippen LogP contribution is -2.26. The Kier molecular flexibility index (Phi) is 5.84. The minimum absolute atomic E-state index is 0.00708. The second kappa shape index (κ2) is 8.56. The third kappa shape index (κ3) is 4.65. The smallest absolute Gasteiger partial charge is 0.274 e. The van der Waals surface area contributed by atoms with Crippen LogP contribution >= 0.6 is 11.6 Å². The number of nitrogens with one attached hydrogen (secondary N) is 1. The van der Waals surface area contributed by atoms with Crippen molar-refractivity contribution in [3.05, 3.63) is 88.8 Å². The number of benzene rings is 2. The minimum atomic E-state index is -3.35. The van der Waals surface area contributed by atoms with E-state index in [1.165, 1.54) is 5.01 Å². The molecule has 0 radical (unpaired) electrons. The Bertz CT molecular complexity index is 1220. The van der Waals surface area contributed by atoms with Crippen LogP contribution in [0.15, 0.2) is 76.4 Å². The maximum absolute atomic E-state index is 13.2. The van der Waals surface area contributed by atoms with E-state index < -0.39 is 16.1 Å². The molecule has 1 aromatic heterocycles. The van der Waals surface area contributed by atoms with Crippen molar-refractivity contribution in [3.63, 3.8) is 0 Å². The van der Waals surface area contributed by atoms with Gasteiger partial charge in [-0.25, -0.2) is 13.4 Å². The Labute approximate surface area is 185 Å². The summed E-state index contributed by atoms with van der Waals surface area (Å²) in [7, 11) is -3.35. The number of rotatable bonds is 6. The van der Waals surface area contributed by atoms with Gasteiger partial charge in [-0.2, -0.15) is 5.10 Å². The molecule has 160 valence electrons. The van der Waals surface area contributed by atoms with Gasteiger partial charge in [0.15, 0.2) is 0 Å². The maximum Gasteiger partial charge on any atom is 0.274 e. The normalized spacial score (nSPS) is 16.3. The van der Waals surface area contributed by atoms with Gasteiger partial charge in [0.1, 0.15) is 11.8 Å². The van der Waals surface area contributed by atoms with Gasteiger partial charge >= 0.3 is 0 Å². The highest BCUT2D eigenvalue weighted by molar-refractivity contribution is 7.92. The van der Waals surface area contributed by atoms with Crippen LogP contribution in [-0.4, -0.2) is 30.8 Å². The van der Waals surface area contributed by atoms with Gasteiger partial charge in [0.25, 0.3) is 5.91 Å². The van der Waals surface area contributed by atoms with E-state index in [9.17, 15) is 13.2 Å². The molecule has 0 saturated heterocycles. The third-order valence-corrected chi connectivity index (χ3v) is 6.48. The van der Waals surface area contributed by atoms with E-state index in [0.717, 1.165) is 5.56 Å². The molecule has 1 amide bonds. The van der Waals surface area contributed by atoms with Crippen LogP contribution in [0.4, 0.5) is 5.69 Å². The molecule has 0 bridgehead atoms. The van der Waals surface area contributed by atoms with Crippen LogP contribution in [0.25, 0.3) is 0 Å². The molecule has 2 aromatic carbocycles. The molecule has 1 atom stereocenters. The largest absolute Gasteiger partial charge is 0.467 e. The number of hydrogen-bond acceptors (Lipinski definition) is 5. The van der Waals surface area contributed by atoms with Crippen LogP contribution in [0.5, 0.6) is 0 Å². The highest BCUT2D eigenvalue weighted by Gasteiger charge is 2.35. The molecule has 0 spiro atoms. The van der Waals surface area contributed by atoms with E-state index in [2.05, 4.69) is 9.82 Å². The molecule has 0 saturated carbocycles. The standard InChI is InChI=1S/C22H20ClN3O4S/c1-2-31(28,29)25-18-10-8-15(9-11-18)19-14-20(21-7-4-12-30-21)26(24-19)22(27)16-5-3-6-17(23)13-16/h3-13,20,25H,2,14H2,1H3/t20-/m0/s1. The van der Waals surface area contributed by atoms with Gasteiger partial charge in [-0.05, 0) is 55.0 Å². The first kappa shape index (κ1) is 21.1. The molecule has 0 fully saturated rings. The summed E-state index contributed by atoms with van der Waals surface area (Å²) in [5.41, 5.74) is 2.39. The van der Waals surface area contributed by atoms with Crippen molar-refractivity contribution >= 4 is 38.9 Å². The number of hydrazone groups is 1. The first-order valence-corrected chi connectivity index (χ1v) is 11.7. The summed E-state index contributed by atoms with van der Waals surface area (Å²) in [6.45, 7) is 1.57. The summed E-state index contributed by atoms with van der Waals surface area (Å²) in [5, 5.41) is 6.46. The van der Waals surface area contributed by atoms with Crippen molar-refractivity contribution in [2.45, 2.75) is 19.4 Å². The van der Waals surface area contributed by atoms with Gasteiger partial charge in [-0.3, -0.25) is 9.52 Å². The number of anilines is 1. The van der Waals surface area contributed by atoms with Crippen LogP contribution in [0, 0.1) is 0 Å². The van der Waals surface area contributed by atoms with Gasteiger partial charge in [0.2, 0.25) is 10.0 Å². The SMILES string of the molecule is CCS(=O)(=O)Nc1ccc(C2=NN(C(=O)c3cccc(Cl)c3)[C@H](c3ccco3)C2)cc1. The van der Waals surface area contributed by atoms with Crippen molar-refractivity contribution in [2.24, 2.45) is 5.10 Å². The molecule has 3 aromatic rings. The Hall–Kier alpha value is -3.10. The predicted molar refractivity (Wildman–Crippen MR) is 120 cm³/mol. The average Bonchev–Trinajstić information content (AvgIpc) is 3.43. The van der Waals surface area contributed by atoms with E-state index in [0.29, 0.717) is 34.2 Å². The van der Waals surface area contributed by atoms with Crippen LogP contribution < -0.4 is 4.72 Å². The average molecular weight is 458 g/mol. The number of hydrogen-bond donors (Lipinski definition) is 1. The molecule has 0 unspecified atom stereocenters. The van der Waals surface area contributed by atoms with Crippen molar-refractivity contribution in [1.29, 1.82) is 0 Å². The lowest BCUT2D eigenvalue weighted by Gasteiger charge is -2.20. The number of nitrogens with zero attached hydrogens (tertiary/aromatic N) is 2. The molecule has 9 heteroatoms. The lowest BCUT2D eigenvalue weighted by atomic mass is 10.0. The highest BCUT2D eigenvalue weighted by Crippen LogP contribution is 2.34. The first-order valence-electron chi connectivity index (χ1n) is 9.67. The van der Waals surface area contributed by atoms with Gasteiger partial charge in [-0.1, -0.05) is 29.8 Å². The second-order valence-electron chi connectivity index (χ2n) is 7.02. The van der Waals surface area contributed by atoms with E-state index >= 15 is 0 Å². The third-order valence-electron chi connectivity index (χ3n) is 4.93. The quantitative estimate of drug-likeness (QED) is 0.581. The number of carbonyl (C=O) groups is 1. The Morgan fingerprint density at radius 3 is 2.61 bits per heavy atom. The van der Waals surface area contributed by atoms with Crippen molar-refractivity contribution in [2.75, 3.05) is 10.5 Å². The fourth-order valence-corrected chi connectivity index (χ4v) is 4.14. The van der Waals surface area contributed by atoms with Crippen molar-refractivity contribution < 1.29 is 17.6 Å². The first-order chi connectivity index (χ1) is 14.9. The molecule has 2 heterocycles. The molecule has 4 rings (SSSR count). The van der Waals surface area contributed by atoms with Gasteiger partial charge < -0.3 is 4.42 Å². The topological polar surface area (TPSA) is 92.0 Å². The molecule has 7 nitrogen and oxygen atoms in total. The van der Waals surface area contributed by atoms with Gasteiger partial charge in [0.05, 0.1) is 17.7 Å². The number of carbonyl (C=O) groups excluding carboxylic acids is 1. The predicted octanol–water partition coefficient (Wildman–Crippen LogP) is 4.69. The molecular formula is C22H20ClN3O4S. The van der Waals surface area contributed by atoms with E-state index in [1.807, 2.05) is 6.07 Å². The zero-order valence-corrected chi connectivity index (χ0v) is 18.2. The Morgan fingerprint density at radius 2 is 1.97 bits per heavy atom. The van der Waals surface area contributed by atoms with Gasteiger partial charge in [-0.15, -0.1) is 0 Å². The molecule has 31 heavy (non-hydrogen) atoms. The summed E-state index contributed by atoms with van der Waals surface area (Å²) < 4.78 is 31.6. The monoisotopic (exact) mass is 457 g/mol. The minimum Gasteiger partial charge on any atom is -0.467 e. The van der Waals surface area contributed by atoms with Crippen LogP contribution in [-0.2, 0) is 10.0 Å². The van der Waals surface area contributed by atoms with Crippen molar-refractivity contribution in [3.8, 4) is 0 Å². The molecule has 0 aliphatic carbocycles. The summed E-state index contributed by atoms with van der Waals surface area (Å²) in [4.78, 5) is 13.2. The fraction of sp³-hybridized carbons (Fsp3) is 0.182. The number of sulfonamides is 1. The van der Waals surface area contributed by atoms with E-state index in [-0.39, 0.29) is 11.7 Å². The Morgan fingerprint density at radius 1 is 1.19 bits per heavy atom. The zero-order chi connectivity index (χ0) is 22.0. The maximum atomic E-state index is 13.2. The van der Waals surface area contributed by atoms with Crippen LogP contribution in [0.3, 0.4) is 0 Å². The van der Waals surface area contributed by atoms with Crippen molar-refractivity contribution in [1.82, 2.24) is 5.01 Å². The number of amides is 1. The summed E-state index contributed by atoms with van der Waals surface area (Å²) in [6.07, 6.45) is 2.02. The lowest BCUT2D eigenvalue weighted by molar-refractivity contribution is 0.0693. The molecule has 1 aliphatic heterocycles. The number of furan rings is 1. The molecular weight excluding hydrogens is 438 g/mol. The molecule has 1 N–H and O–H groups in total. The van der Waals surface area contributed by atoms with Gasteiger partial charge in [0, 0.05) is 22.7 Å². The summed E-state index contributed by atoms with van der Waals surface area (Å²) in [6, 6.07) is 16.8.